The van der Waals surface area contributed by atoms with Crippen LogP contribution in [-0.2, 0) is 16.9 Å². The second-order valence-electron chi connectivity index (χ2n) is 7.26. The smallest absolute Gasteiger partial charge is 0.191 e. The highest BCUT2D eigenvalue weighted by Crippen LogP contribution is 2.41. The van der Waals surface area contributed by atoms with Crippen molar-refractivity contribution in [3.63, 3.8) is 0 Å². The molecule has 0 spiro atoms. The predicted molar refractivity (Wildman–Crippen MR) is 112 cm³/mol. The predicted octanol–water partition coefficient (Wildman–Crippen LogP) is 3.91. The summed E-state index contributed by atoms with van der Waals surface area (Å²) in [4.78, 5) is 0. The van der Waals surface area contributed by atoms with Gasteiger partial charge in [-0.1, -0.05) is 66.4 Å². The Labute approximate surface area is 170 Å². The summed E-state index contributed by atoms with van der Waals surface area (Å²) in [6.45, 7) is 2.12. The Morgan fingerprint density at radius 1 is 1.07 bits per heavy atom. The van der Waals surface area contributed by atoms with Crippen molar-refractivity contribution in [3.05, 3.63) is 77.1 Å². The van der Waals surface area contributed by atoms with Crippen molar-refractivity contribution in [2.75, 3.05) is 11.5 Å². The van der Waals surface area contributed by atoms with E-state index in [4.69, 9.17) is 0 Å². The fourth-order valence-corrected chi connectivity index (χ4v) is 6.68. The Kier molecular flexibility index (Phi) is 5.29. The molecule has 1 aliphatic heterocycles. The second-order valence-corrected chi connectivity index (χ2v) is 10.6. The molecule has 0 bridgehead atoms. The SMILES string of the molecule is Cc1ccccc1[C@@H](Sc1nnc([C@@H]2CCS(=O)(=O)C2)n1C)c1ccccc1. The maximum absolute atomic E-state index is 11.9. The highest BCUT2D eigenvalue weighted by Gasteiger charge is 2.33. The summed E-state index contributed by atoms with van der Waals surface area (Å²) < 4.78 is 25.7. The number of aryl methyl sites for hydroxylation is 1. The summed E-state index contributed by atoms with van der Waals surface area (Å²) in [5.74, 6) is 1.11. The maximum atomic E-state index is 11.9. The van der Waals surface area contributed by atoms with E-state index in [1.54, 1.807) is 11.8 Å². The minimum absolute atomic E-state index is 0.0644. The van der Waals surface area contributed by atoms with Crippen molar-refractivity contribution in [2.45, 2.75) is 29.7 Å². The molecule has 0 amide bonds. The molecule has 1 saturated heterocycles. The van der Waals surface area contributed by atoms with E-state index in [1.807, 2.05) is 35.9 Å². The van der Waals surface area contributed by atoms with Crippen molar-refractivity contribution in [1.29, 1.82) is 0 Å². The summed E-state index contributed by atoms with van der Waals surface area (Å²) in [6.07, 6.45) is 0.624. The van der Waals surface area contributed by atoms with E-state index in [0.717, 1.165) is 11.0 Å². The van der Waals surface area contributed by atoms with Crippen LogP contribution in [0.15, 0.2) is 59.8 Å². The highest BCUT2D eigenvalue weighted by molar-refractivity contribution is 7.99. The lowest BCUT2D eigenvalue weighted by atomic mass is 10.0. The summed E-state index contributed by atoms with van der Waals surface area (Å²) >= 11 is 1.66. The molecular weight excluding hydrogens is 390 g/mol. The summed E-state index contributed by atoms with van der Waals surface area (Å²) in [6, 6.07) is 18.8. The van der Waals surface area contributed by atoms with Gasteiger partial charge in [0.15, 0.2) is 15.0 Å². The van der Waals surface area contributed by atoms with E-state index in [0.29, 0.717) is 6.42 Å². The molecule has 7 heteroatoms. The molecule has 0 saturated carbocycles. The van der Waals surface area contributed by atoms with Gasteiger partial charge >= 0.3 is 0 Å². The Hall–Kier alpha value is -2.12. The molecule has 4 rings (SSSR count). The average molecular weight is 414 g/mol. The monoisotopic (exact) mass is 413 g/mol. The molecule has 0 unspecified atom stereocenters. The van der Waals surface area contributed by atoms with Crippen LogP contribution in [-0.4, -0.2) is 34.7 Å². The van der Waals surface area contributed by atoms with Crippen LogP contribution in [0.1, 0.15) is 40.1 Å². The van der Waals surface area contributed by atoms with Crippen LogP contribution in [0.4, 0.5) is 0 Å². The summed E-state index contributed by atoms with van der Waals surface area (Å²) in [7, 11) is -1.02. The van der Waals surface area contributed by atoms with E-state index in [9.17, 15) is 8.42 Å². The van der Waals surface area contributed by atoms with Crippen molar-refractivity contribution >= 4 is 21.6 Å². The number of hydrogen-bond acceptors (Lipinski definition) is 5. The van der Waals surface area contributed by atoms with E-state index in [1.165, 1.54) is 16.7 Å². The second kappa shape index (κ2) is 7.72. The molecule has 0 radical (unpaired) electrons. The zero-order valence-corrected chi connectivity index (χ0v) is 17.6. The van der Waals surface area contributed by atoms with Crippen LogP contribution in [0.25, 0.3) is 0 Å². The number of nitrogens with zero attached hydrogens (tertiary/aromatic N) is 3. The van der Waals surface area contributed by atoms with Gasteiger partial charge in [0.1, 0.15) is 5.82 Å². The van der Waals surface area contributed by atoms with Gasteiger partial charge in [0.2, 0.25) is 0 Å². The molecule has 3 aromatic rings. The van der Waals surface area contributed by atoms with Crippen LogP contribution in [0.2, 0.25) is 0 Å². The largest absolute Gasteiger partial charge is 0.309 e. The van der Waals surface area contributed by atoms with E-state index in [2.05, 4.69) is 47.5 Å². The first kappa shape index (κ1) is 19.2. The molecule has 5 nitrogen and oxygen atoms in total. The number of thioether (sulfide) groups is 1. The lowest BCUT2D eigenvalue weighted by molar-refractivity contribution is 0.599. The summed E-state index contributed by atoms with van der Waals surface area (Å²) in [5.41, 5.74) is 3.68. The van der Waals surface area contributed by atoms with Gasteiger partial charge in [-0.3, -0.25) is 0 Å². The minimum Gasteiger partial charge on any atom is -0.309 e. The molecule has 0 aliphatic carbocycles. The van der Waals surface area contributed by atoms with Gasteiger partial charge < -0.3 is 4.57 Å². The van der Waals surface area contributed by atoms with Gasteiger partial charge in [-0.2, -0.15) is 0 Å². The zero-order valence-electron chi connectivity index (χ0n) is 15.9. The number of benzene rings is 2. The van der Waals surface area contributed by atoms with Crippen molar-refractivity contribution < 1.29 is 8.42 Å². The number of hydrogen-bond donors (Lipinski definition) is 0. The first-order valence-corrected chi connectivity index (χ1v) is 12.0. The number of aromatic nitrogens is 3. The van der Waals surface area contributed by atoms with E-state index in [-0.39, 0.29) is 22.7 Å². The molecule has 0 N–H and O–H groups in total. The molecule has 146 valence electrons. The first-order valence-electron chi connectivity index (χ1n) is 9.31. The highest BCUT2D eigenvalue weighted by atomic mass is 32.2. The van der Waals surface area contributed by atoms with Crippen LogP contribution in [0.5, 0.6) is 0 Å². The zero-order chi connectivity index (χ0) is 19.7. The molecule has 1 aliphatic rings. The Balaban J connectivity index is 1.68. The lowest BCUT2D eigenvalue weighted by Crippen LogP contribution is -2.09. The normalized spacial score (nSPS) is 19.6. The molecule has 2 heterocycles. The van der Waals surface area contributed by atoms with Gasteiger partial charge in [0.05, 0.1) is 16.8 Å². The Morgan fingerprint density at radius 3 is 2.46 bits per heavy atom. The molecular formula is C21H23N3O2S2. The van der Waals surface area contributed by atoms with Crippen LogP contribution in [0, 0.1) is 6.92 Å². The third kappa shape index (κ3) is 3.86. The first-order chi connectivity index (χ1) is 13.4. The average Bonchev–Trinajstić information content (AvgIpc) is 3.23. The van der Waals surface area contributed by atoms with Crippen molar-refractivity contribution in [1.82, 2.24) is 14.8 Å². The Morgan fingerprint density at radius 2 is 1.79 bits per heavy atom. The fourth-order valence-electron chi connectivity index (χ4n) is 3.71. The molecule has 2 aromatic carbocycles. The third-order valence-corrected chi connectivity index (χ3v) is 8.36. The molecule has 28 heavy (non-hydrogen) atoms. The van der Waals surface area contributed by atoms with Gasteiger partial charge in [0, 0.05) is 13.0 Å². The standard InChI is InChI=1S/C21H23N3O2S2/c1-15-8-6-7-11-18(15)19(16-9-4-3-5-10-16)27-21-23-22-20(24(21)2)17-12-13-28(25,26)14-17/h3-11,17,19H,12-14H2,1-2H3/t17-,19+/m1/s1. The van der Waals surface area contributed by atoms with Gasteiger partial charge in [-0.15, -0.1) is 10.2 Å². The quantitative estimate of drug-likeness (QED) is 0.594. The molecule has 2 atom stereocenters. The number of rotatable bonds is 5. The Bertz CT molecular complexity index is 1080. The lowest BCUT2D eigenvalue weighted by Gasteiger charge is -2.19. The topological polar surface area (TPSA) is 64.8 Å². The van der Waals surface area contributed by atoms with Gasteiger partial charge in [0.25, 0.3) is 0 Å². The summed E-state index contributed by atoms with van der Waals surface area (Å²) in [5, 5.41) is 9.65. The molecule has 1 fully saturated rings. The fraction of sp³-hybridized carbons (Fsp3) is 0.333. The van der Waals surface area contributed by atoms with Gasteiger partial charge in [-0.25, -0.2) is 8.42 Å². The maximum Gasteiger partial charge on any atom is 0.191 e. The number of sulfone groups is 1. The van der Waals surface area contributed by atoms with Crippen LogP contribution < -0.4 is 0 Å². The van der Waals surface area contributed by atoms with Crippen molar-refractivity contribution in [2.24, 2.45) is 7.05 Å². The minimum atomic E-state index is -2.95. The van der Waals surface area contributed by atoms with E-state index >= 15 is 0 Å². The third-order valence-electron chi connectivity index (χ3n) is 5.26. The van der Waals surface area contributed by atoms with Crippen molar-refractivity contribution in [3.8, 4) is 0 Å². The van der Waals surface area contributed by atoms with E-state index < -0.39 is 9.84 Å². The van der Waals surface area contributed by atoms with Crippen LogP contribution in [0.3, 0.4) is 0 Å². The molecule has 1 aromatic heterocycles. The van der Waals surface area contributed by atoms with Gasteiger partial charge in [-0.05, 0) is 30.0 Å². The van der Waals surface area contributed by atoms with Crippen LogP contribution >= 0.6 is 11.8 Å².